The summed E-state index contributed by atoms with van der Waals surface area (Å²) in [4.78, 5) is 56.1. The third-order valence-electron chi connectivity index (χ3n) is 7.35. The van der Waals surface area contributed by atoms with E-state index in [2.05, 4.69) is 11.1 Å². The number of carboxylic acid groups (broad SMARTS) is 1. The molecule has 7 nitrogen and oxygen atoms in total. The third-order valence-corrected chi connectivity index (χ3v) is 10.9. The number of aromatic amines is 1. The smallest absolute Gasteiger partial charge is 0.326 e. The molecule has 2 aliphatic carbocycles. The summed E-state index contributed by atoms with van der Waals surface area (Å²) in [5.74, 6) is -2.44. The van der Waals surface area contributed by atoms with Crippen LogP contribution in [0.3, 0.4) is 0 Å². The lowest BCUT2D eigenvalue weighted by molar-refractivity contribution is -0.154. The predicted octanol–water partition coefficient (Wildman–Crippen LogP) is 2.44. The molecule has 2 aromatic heterocycles. The maximum absolute atomic E-state index is 13.2. The summed E-state index contributed by atoms with van der Waals surface area (Å²) < 4.78 is 0. The number of hydrogen-bond donors (Lipinski definition) is 2. The van der Waals surface area contributed by atoms with E-state index in [9.17, 15) is 24.3 Å². The van der Waals surface area contributed by atoms with E-state index in [1.807, 2.05) is 11.4 Å². The number of rotatable bonds is 3. The van der Waals surface area contributed by atoms with Crippen LogP contribution >= 0.6 is 34.4 Å². The number of imide groups is 1. The summed E-state index contributed by atoms with van der Waals surface area (Å²) >= 11 is 4.54. The minimum atomic E-state index is -1.16. The normalized spacial score (nSPS) is 37.2. The molecule has 0 unspecified atom stereocenters. The first kappa shape index (κ1) is 18.8. The second-order valence-electron chi connectivity index (χ2n) is 8.54. The molecular formula is C20H18N2O5S3. The molecule has 3 fully saturated rings. The molecule has 4 heterocycles. The Bertz CT molecular complexity index is 1140. The second-order valence-corrected chi connectivity index (χ2v) is 11.7. The average Bonchev–Trinajstić information content (AvgIpc) is 3.48. The van der Waals surface area contributed by atoms with E-state index in [0.29, 0.717) is 0 Å². The minimum absolute atomic E-state index is 0.0245. The molecule has 2 aliphatic heterocycles. The Hall–Kier alpha value is -1.91. The van der Waals surface area contributed by atoms with Gasteiger partial charge in [0.2, 0.25) is 11.8 Å². The molecule has 0 aromatic carbocycles. The van der Waals surface area contributed by atoms with Gasteiger partial charge in [-0.25, -0.2) is 4.79 Å². The number of aromatic nitrogens is 1. The van der Waals surface area contributed by atoms with Crippen LogP contribution in [-0.4, -0.2) is 44.1 Å². The highest BCUT2D eigenvalue weighted by molar-refractivity contribution is 8.00. The van der Waals surface area contributed by atoms with E-state index in [1.54, 1.807) is 23.1 Å². The summed E-state index contributed by atoms with van der Waals surface area (Å²) in [7, 11) is 0. The maximum Gasteiger partial charge on any atom is 0.326 e. The van der Waals surface area contributed by atoms with E-state index >= 15 is 0 Å². The molecule has 156 valence electrons. The number of carbonyl (C=O) groups excluding carboxylic acids is 2. The molecule has 6 rings (SSSR count). The number of amides is 2. The van der Waals surface area contributed by atoms with Gasteiger partial charge in [-0.3, -0.25) is 19.3 Å². The summed E-state index contributed by atoms with van der Waals surface area (Å²) in [6.45, 7) is 1.40. The SMILES string of the molecule is C[C@H](C(=O)O)N1C(=O)[C@@H]2[C@@H]3C[C@@H]([C@H]4Sc5[nH]c(=O)sc5[C@H](c5cccs5)[C@H]34)[C@@H]2C1=O. The fourth-order valence-electron chi connectivity index (χ4n) is 6.32. The zero-order valence-electron chi connectivity index (χ0n) is 15.8. The number of nitrogens with one attached hydrogen (secondary N) is 1. The van der Waals surface area contributed by atoms with Crippen molar-refractivity contribution in [2.24, 2.45) is 29.6 Å². The molecule has 8 atom stereocenters. The fourth-order valence-corrected chi connectivity index (χ4v) is 10.2. The number of thioether (sulfide) groups is 1. The first-order chi connectivity index (χ1) is 14.4. The van der Waals surface area contributed by atoms with Crippen molar-refractivity contribution in [3.05, 3.63) is 36.9 Å². The molecule has 4 aliphatic rings. The molecule has 0 spiro atoms. The number of thiazole rings is 1. The highest BCUT2D eigenvalue weighted by atomic mass is 32.2. The second kappa shape index (κ2) is 6.30. The van der Waals surface area contributed by atoms with Crippen LogP contribution in [0.25, 0.3) is 0 Å². The van der Waals surface area contributed by atoms with E-state index in [-0.39, 0.29) is 45.6 Å². The Morgan fingerprint density at radius 2 is 1.97 bits per heavy atom. The third kappa shape index (κ3) is 2.27. The number of hydrogen-bond acceptors (Lipinski definition) is 7. The average molecular weight is 463 g/mol. The van der Waals surface area contributed by atoms with Crippen molar-refractivity contribution in [2.75, 3.05) is 0 Å². The number of carbonyl (C=O) groups is 3. The zero-order chi connectivity index (χ0) is 20.9. The van der Waals surface area contributed by atoms with Gasteiger partial charge in [-0.05, 0) is 42.5 Å². The van der Waals surface area contributed by atoms with Gasteiger partial charge in [-0.2, -0.15) is 0 Å². The van der Waals surface area contributed by atoms with Gasteiger partial charge in [0.25, 0.3) is 0 Å². The quantitative estimate of drug-likeness (QED) is 0.679. The molecule has 0 radical (unpaired) electrons. The number of aliphatic carboxylic acids is 1. The zero-order valence-corrected chi connectivity index (χ0v) is 18.3. The van der Waals surface area contributed by atoms with Crippen molar-refractivity contribution in [3.8, 4) is 0 Å². The molecular weight excluding hydrogens is 444 g/mol. The van der Waals surface area contributed by atoms with Gasteiger partial charge in [0.05, 0.1) is 16.9 Å². The first-order valence-electron chi connectivity index (χ1n) is 9.91. The van der Waals surface area contributed by atoms with E-state index in [1.165, 1.54) is 23.1 Å². The number of nitrogens with zero attached hydrogens (tertiary/aromatic N) is 1. The standard InChI is InChI=1S/C20H18N2O5S3/c1-6(19(25)26)22-17(23)11-7-5-8(12(11)18(22)24)14-10(7)13(9-3-2-4-28-9)15-16(29-14)21-20(27)30-15/h2-4,6-8,10-14H,5H2,1H3,(H,21,27)(H,25,26)/t6-,7-,8-,10+,11-,12+,13-,14-/m1/s1. The fraction of sp³-hybridized carbons (Fsp3) is 0.500. The van der Waals surface area contributed by atoms with Crippen LogP contribution in [0, 0.1) is 29.6 Å². The molecule has 10 heteroatoms. The Morgan fingerprint density at radius 3 is 2.63 bits per heavy atom. The summed E-state index contributed by atoms with van der Waals surface area (Å²) in [5, 5.41) is 12.4. The van der Waals surface area contributed by atoms with Crippen LogP contribution < -0.4 is 4.87 Å². The number of likely N-dealkylation sites (tertiary alicyclic amines) is 1. The largest absolute Gasteiger partial charge is 0.480 e. The molecule has 2 N–H and O–H groups in total. The lowest BCUT2D eigenvalue weighted by Crippen LogP contribution is -2.44. The van der Waals surface area contributed by atoms with Gasteiger partial charge < -0.3 is 10.1 Å². The van der Waals surface area contributed by atoms with Crippen molar-refractivity contribution >= 4 is 52.2 Å². The van der Waals surface area contributed by atoms with Crippen LogP contribution in [0.1, 0.15) is 29.0 Å². The summed E-state index contributed by atoms with van der Waals surface area (Å²) in [6.07, 6.45) is 0.811. The van der Waals surface area contributed by atoms with E-state index in [4.69, 9.17) is 0 Å². The molecule has 1 saturated heterocycles. The predicted molar refractivity (Wildman–Crippen MR) is 112 cm³/mol. The highest BCUT2D eigenvalue weighted by Gasteiger charge is 2.70. The summed E-state index contributed by atoms with van der Waals surface area (Å²) in [6, 6.07) is 2.94. The van der Waals surface area contributed by atoms with Gasteiger partial charge in [-0.1, -0.05) is 17.4 Å². The number of thiophene rings is 1. The van der Waals surface area contributed by atoms with Crippen molar-refractivity contribution < 1.29 is 19.5 Å². The lowest BCUT2D eigenvalue weighted by atomic mass is 9.69. The van der Waals surface area contributed by atoms with Crippen LogP contribution in [-0.2, 0) is 14.4 Å². The molecule has 2 saturated carbocycles. The minimum Gasteiger partial charge on any atom is -0.480 e. The monoisotopic (exact) mass is 462 g/mol. The van der Waals surface area contributed by atoms with Crippen molar-refractivity contribution in [2.45, 2.75) is 35.6 Å². The van der Waals surface area contributed by atoms with Gasteiger partial charge >= 0.3 is 10.8 Å². The van der Waals surface area contributed by atoms with Gasteiger partial charge in [0, 0.05) is 20.9 Å². The van der Waals surface area contributed by atoms with Gasteiger partial charge in [0.15, 0.2) is 0 Å². The van der Waals surface area contributed by atoms with Crippen molar-refractivity contribution in [3.63, 3.8) is 0 Å². The number of carboxylic acids is 1. The van der Waals surface area contributed by atoms with Crippen LogP contribution in [0.5, 0.6) is 0 Å². The van der Waals surface area contributed by atoms with Crippen LogP contribution in [0.2, 0.25) is 0 Å². The maximum atomic E-state index is 13.2. The van der Waals surface area contributed by atoms with E-state index < -0.39 is 23.8 Å². The Morgan fingerprint density at radius 1 is 1.23 bits per heavy atom. The Balaban J connectivity index is 1.45. The van der Waals surface area contributed by atoms with E-state index in [0.717, 1.165) is 21.2 Å². The molecule has 30 heavy (non-hydrogen) atoms. The Labute approximate surface area is 183 Å². The van der Waals surface area contributed by atoms with Crippen LogP contribution in [0.4, 0.5) is 0 Å². The van der Waals surface area contributed by atoms with Gasteiger partial charge in [0.1, 0.15) is 6.04 Å². The molecule has 2 aromatic rings. The van der Waals surface area contributed by atoms with Crippen LogP contribution in [0.15, 0.2) is 27.3 Å². The summed E-state index contributed by atoms with van der Waals surface area (Å²) in [5.41, 5.74) is 0. The molecule has 2 bridgehead atoms. The highest BCUT2D eigenvalue weighted by Crippen LogP contribution is 2.68. The Kier molecular flexibility index (Phi) is 3.96. The number of H-pyrrole nitrogens is 1. The van der Waals surface area contributed by atoms with Crippen molar-refractivity contribution in [1.29, 1.82) is 0 Å². The topological polar surface area (TPSA) is 108 Å². The first-order valence-corrected chi connectivity index (χ1v) is 12.5. The van der Waals surface area contributed by atoms with Gasteiger partial charge in [-0.15, -0.1) is 23.1 Å². The molecule has 2 amide bonds. The number of fused-ring (bicyclic) bond motifs is 9. The lowest BCUT2D eigenvalue weighted by Gasteiger charge is -2.42. The van der Waals surface area contributed by atoms with Crippen molar-refractivity contribution in [1.82, 2.24) is 9.88 Å².